The lowest BCUT2D eigenvalue weighted by Crippen LogP contribution is -2.43. The first-order valence-corrected chi connectivity index (χ1v) is 10.8. The van der Waals surface area contributed by atoms with Crippen molar-refractivity contribution in [3.05, 3.63) is 54.1 Å². The Balaban J connectivity index is 2.18. The van der Waals surface area contributed by atoms with E-state index in [0.29, 0.717) is 0 Å². The molecule has 0 aliphatic carbocycles. The van der Waals surface area contributed by atoms with Gasteiger partial charge in [-0.2, -0.15) is 13.2 Å². The number of halogens is 3. The highest BCUT2D eigenvalue weighted by Gasteiger charge is 2.38. The van der Waals surface area contributed by atoms with Gasteiger partial charge in [-0.05, 0) is 53.5 Å². The lowest BCUT2D eigenvalue weighted by molar-refractivity contribution is -0.137. The molecule has 1 nitrogen and oxygen atoms in total. The Morgan fingerprint density at radius 1 is 0.750 bits per heavy atom. The van der Waals surface area contributed by atoms with Crippen LogP contribution in [0.5, 0.6) is 5.75 Å². The summed E-state index contributed by atoms with van der Waals surface area (Å²) in [6, 6.07) is 12.7. The average molecular weight is 352 g/mol. The van der Waals surface area contributed by atoms with Gasteiger partial charge in [-0.15, -0.1) is 0 Å². The van der Waals surface area contributed by atoms with Gasteiger partial charge in [0.2, 0.25) is 8.32 Å². The summed E-state index contributed by atoms with van der Waals surface area (Å²) < 4.78 is 44.1. The molecular formula is C19H23F3OSi. The molecular weight excluding hydrogens is 329 g/mol. The molecule has 0 spiro atoms. The van der Waals surface area contributed by atoms with Gasteiger partial charge in [-0.1, -0.05) is 45.0 Å². The lowest BCUT2D eigenvalue weighted by atomic mass is 10.0. The molecule has 0 atom stereocenters. The topological polar surface area (TPSA) is 9.23 Å². The third-order valence-electron chi connectivity index (χ3n) is 4.58. The van der Waals surface area contributed by atoms with Crippen LogP contribution in [0.4, 0.5) is 13.2 Å². The van der Waals surface area contributed by atoms with E-state index in [2.05, 4.69) is 33.9 Å². The van der Waals surface area contributed by atoms with E-state index in [1.54, 1.807) is 0 Å². The van der Waals surface area contributed by atoms with E-state index in [4.69, 9.17) is 4.43 Å². The molecule has 2 aromatic carbocycles. The number of hydrogen-bond donors (Lipinski definition) is 0. The molecule has 2 aromatic rings. The summed E-state index contributed by atoms with van der Waals surface area (Å²) in [7, 11) is -1.90. The molecule has 130 valence electrons. The summed E-state index contributed by atoms with van der Waals surface area (Å²) in [4.78, 5) is 0. The van der Waals surface area contributed by atoms with Gasteiger partial charge in [0.25, 0.3) is 0 Å². The molecule has 0 N–H and O–H groups in total. The molecule has 0 aliphatic heterocycles. The Bertz CT molecular complexity index is 681. The Morgan fingerprint density at radius 2 is 1.17 bits per heavy atom. The van der Waals surface area contributed by atoms with Crippen LogP contribution in [0.1, 0.15) is 26.3 Å². The van der Waals surface area contributed by atoms with Gasteiger partial charge in [-0.3, -0.25) is 0 Å². The maximum Gasteiger partial charge on any atom is 0.416 e. The van der Waals surface area contributed by atoms with Crippen molar-refractivity contribution in [2.75, 3.05) is 0 Å². The maximum atomic E-state index is 12.6. The van der Waals surface area contributed by atoms with Crippen LogP contribution in [0.2, 0.25) is 18.1 Å². The molecule has 0 aliphatic rings. The molecule has 0 fully saturated rings. The van der Waals surface area contributed by atoms with Crippen LogP contribution in [0.15, 0.2) is 48.5 Å². The first-order chi connectivity index (χ1) is 10.9. The van der Waals surface area contributed by atoms with Crippen LogP contribution in [0.25, 0.3) is 11.1 Å². The fraction of sp³-hybridized carbons (Fsp3) is 0.368. The van der Waals surface area contributed by atoms with Crippen molar-refractivity contribution in [3.63, 3.8) is 0 Å². The minimum Gasteiger partial charge on any atom is -0.544 e. The summed E-state index contributed by atoms with van der Waals surface area (Å²) in [6.45, 7) is 10.9. The highest BCUT2D eigenvalue weighted by molar-refractivity contribution is 6.74. The Labute approximate surface area is 142 Å². The zero-order valence-corrected chi connectivity index (χ0v) is 15.7. The second kappa shape index (κ2) is 6.28. The summed E-state index contributed by atoms with van der Waals surface area (Å²) in [5.41, 5.74) is 0.984. The molecule has 0 unspecified atom stereocenters. The molecule has 2 rings (SSSR count). The third kappa shape index (κ3) is 4.20. The number of rotatable bonds is 3. The molecule has 0 saturated heterocycles. The molecule has 0 heterocycles. The van der Waals surface area contributed by atoms with E-state index in [1.807, 2.05) is 24.3 Å². The molecule has 0 aromatic heterocycles. The summed E-state index contributed by atoms with van der Waals surface area (Å²) in [5, 5.41) is 0.110. The Hall–Kier alpha value is -1.75. The number of benzene rings is 2. The second-order valence-electron chi connectivity index (χ2n) is 7.46. The van der Waals surface area contributed by atoms with Gasteiger partial charge in [-0.25, -0.2) is 0 Å². The zero-order chi connectivity index (χ0) is 18.2. The van der Waals surface area contributed by atoms with E-state index >= 15 is 0 Å². The first kappa shape index (κ1) is 18.6. The van der Waals surface area contributed by atoms with Crippen molar-refractivity contribution >= 4 is 8.32 Å². The Morgan fingerprint density at radius 3 is 1.54 bits per heavy atom. The molecule has 0 amide bonds. The van der Waals surface area contributed by atoms with Gasteiger partial charge in [0, 0.05) is 0 Å². The van der Waals surface area contributed by atoms with E-state index in [0.717, 1.165) is 29.0 Å². The molecule has 24 heavy (non-hydrogen) atoms. The van der Waals surface area contributed by atoms with E-state index in [9.17, 15) is 13.2 Å². The fourth-order valence-electron chi connectivity index (χ4n) is 2.01. The van der Waals surface area contributed by atoms with Gasteiger partial charge in [0.15, 0.2) is 0 Å². The second-order valence-corrected chi connectivity index (χ2v) is 12.2. The normalized spacial score (nSPS) is 13.0. The molecule has 0 bridgehead atoms. The smallest absolute Gasteiger partial charge is 0.416 e. The van der Waals surface area contributed by atoms with Crippen molar-refractivity contribution < 1.29 is 17.6 Å². The van der Waals surface area contributed by atoms with E-state index < -0.39 is 20.1 Å². The fourth-order valence-corrected chi connectivity index (χ4v) is 3.05. The van der Waals surface area contributed by atoms with Crippen molar-refractivity contribution in [3.8, 4) is 16.9 Å². The van der Waals surface area contributed by atoms with Crippen LogP contribution in [0, 0.1) is 0 Å². The highest BCUT2D eigenvalue weighted by Crippen LogP contribution is 2.38. The van der Waals surface area contributed by atoms with Gasteiger partial charge >= 0.3 is 6.18 Å². The Kier molecular flexibility index (Phi) is 4.86. The predicted octanol–water partition coefficient (Wildman–Crippen LogP) is 6.76. The molecule has 0 radical (unpaired) electrons. The molecule has 5 heteroatoms. The standard InChI is InChI=1S/C19H23F3OSi/c1-18(2,3)24(4,5)23-17-12-8-15(9-13-17)14-6-10-16(11-7-14)19(20,21)22/h6-13H,1-5H3. The minimum atomic E-state index is -4.31. The van der Waals surface area contributed by atoms with Crippen LogP contribution in [-0.4, -0.2) is 8.32 Å². The molecule has 0 saturated carbocycles. The first-order valence-electron chi connectivity index (χ1n) is 7.87. The van der Waals surface area contributed by atoms with Crippen LogP contribution in [0.3, 0.4) is 0 Å². The van der Waals surface area contributed by atoms with E-state index in [1.165, 1.54) is 12.1 Å². The van der Waals surface area contributed by atoms with Crippen molar-refractivity contribution in [1.82, 2.24) is 0 Å². The summed E-state index contributed by atoms with van der Waals surface area (Å²) >= 11 is 0. The minimum absolute atomic E-state index is 0.110. The third-order valence-corrected chi connectivity index (χ3v) is 8.94. The lowest BCUT2D eigenvalue weighted by Gasteiger charge is -2.36. The quantitative estimate of drug-likeness (QED) is 0.555. The predicted molar refractivity (Wildman–Crippen MR) is 94.7 cm³/mol. The number of hydrogen-bond acceptors (Lipinski definition) is 1. The van der Waals surface area contributed by atoms with Gasteiger partial charge in [0.1, 0.15) is 5.75 Å². The van der Waals surface area contributed by atoms with Crippen molar-refractivity contribution in [2.45, 2.75) is 45.1 Å². The largest absolute Gasteiger partial charge is 0.544 e. The zero-order valence-electron chi connectivity index (χ0n) is 14.7. The average Bonchev–Trinajstić information content (AvgIpc) is 2.46. The van der Waals surface area contributed by atoms with Crippen LogP contribution < -0.4 is 4.43 Å². The van der Waals surface area contributed by atoms with Crippen LogP contribution in [-0.2, 0) is 6.18 Å². The maximum absolute atomic E-state index is 12.6. The van der Waals surface area contributed by atoms with Gasteiger partial charge < -0.3 is 4.43 Å². The number of alkyl halides is 3. The SMILES string of the molecule is CC(C)(C)[Si](C)(C)Oc1ccc(-c2ccc(C(F)(F)F)cc2)cc1. The van der Waals surface area contributed by atoms with Crippen LogP contribution >= 0.6 is 0 Å². The monoisotopic (exact) mass is 352 g/mol. The summed E-state index contributed by atoms with van der Waals surface area (Å²) in [6.07, 6.45) is -4.31. The van der Waals surface area contributed by atoms with Crippen molar-refractivity contribution in [1.29, 1.82) is 0 Å². The highest BCUT2D eigenvalue weighted by atomic mass is 28.4. The summed E-state index contributed by atoms with van der Waals surface area (Å²) in [5.74, 6) is 0.803. The van der Waals surface area contributed by atoms with Gasteiger partial charge in [0.05, 0.1) is 5.56 Å². The van der Waals surface area contributed by atoms with E-state index in [-0.39, 0.29) is 5.04 Å². The van der Waals surface area contributed by atoms with Crippen molar-refractivity contribution in [2.24, 2.45) is 0 Å².